The van der Waals surface area contributed by atoms with E-state index in [1.165, 1.54) is 0 Å². The maximum atomic E-state index is 10.3. The lowest BCUT2D eigenvalue weighted by atomic mass is 10.1. The molecule has 60 valence electrons. The van der Waals surface area contributed by atoms with Crippen molar-refractivity contribution in [1.29, 1.82) is 0 Å². The molecule has 0 bridgehead atoms. The summed E-state index contributed by atoms with van der Waals surface area (Å²) in [5.41, 5.74) is 0. The van der Waals surface area contributed by atoms with E-state index in [2.05, 4.69) is 0 Å². The average Bonchev–Trinajstić information content (AvgIpc) is 1.80. The highest BCUT2D eigenvalue weighted by atomic mass is 35.5. The Balaban J connectivity index is 3.93. The van der Waals surface area contributed by atoms with E-state index in [0.717, 1.165) is 6.29 Å². The van der Waals surface area contributed by atoms with Gasteiger partial charge in [-0.05, 0) is 13.3 Å². The summed E-state index contributed by atoms with van der Waals surface area (Å²) in [6, 6.07) is 0. The number of alkyl halides is 3. The number of hydrogen-bond donors (Lipinski definition) is 0. The van der Waals surface area contributed by atoms with Crippen LogP contribution in [0.4, 0.5) is 0 Å². The topological polar surface area (TPSA) is 17.1 Å². The number of rotatable bonds is 4. The standard InChI is InChI=1S/C6H9Cl3O/c1-6(8,9)5(4-10)2-3-7/h4-5H,2-3H2,1H3. The fourth-order valence-corrected chi connectivity index (χ4v) is 1.11. The number of carbonyl (C=O) groups is 1. The summed E-state index contributed by atoms with van der Waals surface area (Å²) in [7, 11) is 0. The van der Waals surface area contributed by atoms with Crippen molar-refractivity contribution in [3.05, 3.63) is 0 Å². The van der Waals surface area contributed by atoms with Crippen LogP contribution in [-0.2, 0) is 4.79 Å². The molecular formula is C6H9Cl3O. The lowest BCUT2D eigenvalue weighted by Crippen LogP contribution is -2.23. The fraction of sp³-hybridized carbons (Fsp3) is 0.833. The third-order valence-corrected chi connectivity index (χ3v) is 2.01. The molecule has 0 saturated carbocycles. The average molecular weight is 203 g/mol. The molecule has 1 atom stereocenters. The quantitative estimate of drug-likeness (QED) is 0.507. The van der Waals surface area contributed by atoms with Crippen LogP contribution in [-0.4, -0.2) is 16.5 Å². The van der Waals surface area contributed by atoms with E-state index < -0.39 is 4.33 Å². The van der Waals surface area contributed by atoms with Crippen LogP contribution < -0.4 is 0 Å². The van der Waals surface area contributed by atoms with Gasteiger partial charge < -0.3 is 4.79 Å². The summed E-state index contributed by atoms with van der Waals surface area (Å²) in [5, 5.41) is 0. The number of halogens is 3. The van der Waals surface area contributed by atoms with Gasteiger partial charge in [0.2, 0.25) is 0 Å². The number of hydrogen-bond acceptors (Lipinski definition) is 1. The minimum Gasteiger partial charge on any atom is -0.303 e. The zero-order valence-electron chi connectivity index (χ0n) is 5.61. The molecule has 0 aliphatic heterocycles. The summed E-state index contributed by atoms with van der Waals surface area (Å²) < 4.78 is -0.989. The molecule has 0 aliphatic carbocycles. The van der Waals surface area contributed by atoms with Gasteiger partial charge in [0, 0.05) is 11.8 Å². The lowest BCUT2D eigenvalue weighted by Gasteiger charge is -2.19. The van der Waals surface area contributed by atoms with Crippen LogP contribution in [0.5, 0.6) is 0 Å². The monoisotopic (exact) mass is 202 g/mol. The highest BCUT2D eigenvalue weighted by molar-refractivity contribution is 6.49. The van der Waals surface area contributed by atoms with Crippen molar-refractivity contribution < 1.29 is 4.79 Å². The lowest BCUT2D eigenvalue weighted by molar-refractivity contribution is -0.111. The molecule has 0 saturated heterocycles. The predicted molar refractivity (Wildman–Crippen MR) is 45.0 cm³/mol. The van der Waals surface area contributed by atoms with Crippen molar-refractivity contribution in [3.63, 3.8) is 0 Å². The zero-order valence-corrected chi connectivity index (χ0v) is 7.88. The van der Waals surface area contributed by atoms with Crippen molar-refractivity contribution in [3.8, 4) is 0 Å². The molecular weight excluding hydrogens is 194 g/mol. The van der Waals surface area contributed by atoms with Gasteiger partial charge >= 0.3 is 0 Å². The first kappa shape index (κ1) is 10.5. The molecule has 0 N–H and O–H groups in total. The first-order valence-corrected chi connectivity index (χ1v) is 4.20. The fourth-order valence-electron chi connectivity index (χ4n) is 0.559. The minimum absolute atomic E-state index is 0.367. The summed E-state index contributed by atoms with van der Waals surface area (Å²) in [6.45, 7) is 1.59. The normalized spacial score (nSPS) is 14.8. The van der Waals surface area contributed by atoms with Crippen LogP contribution in [0.25, 0.3) is 0 Å². The Morgan fingerprint density at radius 2 is 2.10 bits per heavy atom. The van der Waals surface area contributed by atoms with Crippen molar-refractivity contribution in [2.45, 2.75) is 17.7 Å². The van der Waals surface area contributed by atoms with Gasteiger partial charge in [-0.1, -0.05) is 0 Å². The number of carbonyl (C=O) groups excluding carboxylic acids is 1. The molecule has 0 aromatic rings. The van der Waals surface area contributed by atoms with Gasteiger partial charge in [0.1, 0.15) is 10.6 Å². The molecule has 0 fully saturated rings. The highest BCUT2D eigenvalue weighted by Gasteiger charge is 2.28. The SMILES string of the molecule is CC(Cl)(Cl)C(C=O)CCCl. The predicted octanol–water partition coefficient (Wildman–Crippen LogP) is 2.62. The van der Waals surface area contributed by atoms with E-state index in [9.17, 15) is 4.79 Å². The smallest absolute Gasteiger partial charge is 0.126 e. The summed E-state index contributed by atoms with van der Waals surface area (Å²) in [5.74, 6) is 0.0339. The third kappa shape index (κ3) is 3.65. The third-order valence-electron chi connectivity index (χ3n) is 1.24. The molecule has 0 rings (SSSR count). The largest absolute Gasteiger partial charge is 0.303 e. The second-order valence-electron chi connectivity index (χ2n) is 2.18. The van der Waals surface area contributed by atoms with Crippen molar-refractivity contribution in [2.24, 2.45) is 5.92 Å². The van der Waals surface area contributed by atoms with Crippen LogP contribution in [0.3, 0.4) is 0 Å². The molecule has 4 heteroatoms. The van der Waals surface area contributed by atoms with Crippen LogP contribution in [0.15, 0.2) is 0 Å². The van der Waals surface area contributed by atoms with Crippen LogP contribution in [0.1, 0.15) is 13.3 Å². The van der Waals surface area contributed by atoms with Crippen LogP contribution >= 0.6 is 34.8 Å². The van der Waals surface area contributed by atoms with Gasteiger partial charge in [-0.25, -0.2) is 0 Å². The van der Waals surface area contributed by atoms with Gasteiger partial charge in [-0.15, -0.1) is 34.8 Å². The van der Waals surface area contributed by atoms with Crippen LogP contribution in [0.2, 0.25) is 0 Å². The van der Waals surface area contributed by atoms with Crippen molar-refractivity contribution in [1.82, 2.24) is 0 Å². The second kappa shape index (κ2) is 4.42. The highest BCUT2D eigenvalue weighted by Crippen LogP contribution is 2.30. The van der Waals surface area contributed by atoms with Gasteiger partial charge in [-0.3, -0.25) is 0 Å². The molecule has 10 heavy (non-hydrogen) atoms. The molecule has 0 aromatic carbocycles. The molecule has 0 heterocycles. The summed E-state index contributed by atoms with van der Waals surface area (Å²) in [4.78, 5) is 10.3. The maximum absolute atomic E-state index is 10.3. The molecule has 0 aliphatic rings. The van der Waals surface area contributed by atoms with E-state index in [4.69, 9.17) is 34.8 Å². The van der Waals surface area contributed by atoms with E-state index in [0.29, 0.717) is 12.3 Å². The van der Waals surface area contributed by atoms with Gasteiger partial charge in [0.25, 0.3) is 0 Å². The first-order valence-electron chi connectivity index (χ1n) is 2.91. The zero-order chi connectivity index (χ0) is 8.20. The van der Waals surface area contributed by atoms with Crippen molar-refractivity contribution >= 4 is 41.1 Å². The van der Waals surface area contributed by atoms with Gasteiger partial charge in [-0.2, -0.15) is 0 Å². The van der Waals surface area contributed by atoms with Gasteiger partial charge in [0.05, 0.1) is 0 Å². The maximum Gasteiger partial charge on any atom is 0.126 e. The van der Waals surface area contributed by atoms with Crippen molar-refractivity contribution in [2.75, 3.05) is 5.88 Å². The minimum atomic E-state index is -0.989. The van der Waals surface area contributed by atoms with E-state index in [1.54, 1.807) is 6.92 Å². The molecule has 0 radical (unpaired) electrons. The first-order chi connectivity index (χ1) is 4.52. The Kier molecular flexibility index (Phi) is 4.66. The Hall–Kier alpha value is 0.540. The molecule has 0 aromatic heterocycles. The Morgan fingerprint density at radius 3 is 2.20 bits per heavy atom. The van der Waals surface area contributed by atoms with Gasteiger partial charge in [0.15, 0.2) is 0 Å². The summed E-state index contributed by atoms with van der Waals surface area (Å²) >= 11 is 16.7. The Labute approximate surface area is 75.6 Å². The Morgan fingerprint density at radius 1 is 1.60 bits per heavy atom. The molecule has 1 nitrogen and oxygen atoms in total. The van der Waals surface area contributed by atoms with E-state index >= 15 is 0 Å². The molecule has 1 unspecified atom stereocenters. The van der Waals surface area contributed by atoms with E-state index in [1.807, 2.05) is 0 Å². The molecule has 0 spiro atoms. The number of aldehydes is 1. The van der Waals surface area contributed by atoms with E-state index in [-0.39, 0.29) is 5.92 Å². The Bertz CT molecular complexity index is 108. The van der Waals surface area contributed by atoms with Crippen LogP contribution in [0, 0.1) is 5.92 Å². The molecule has 0 amide bonds. The summed E-state index contributed by atoms with van der Waals surface area (Å²) in [6.07, 6.45) is 1.26. The second-order valence-corrected chi connectivity index (χ2v) is 4.32.